The molecule has 0 spiro atoms. The van der Waals surface area contributed by atoms with E-state index in [0.29, 0.717) is 18.8 Å². The van der Waals surface area contributed by atoms with Gasteiger partial charge in [-0.05, 0) is 30.7 Å². The van der Waals surface area contributed by atoms with Gasteiger partial charge in [0.2, 0.25) is 0 Å². The van der Waals surface area contributed by atoms with Crippen LogP contribution in [0.25, 0.3) is 0 Å². The summed E-state index contributed by atoms with van der Waals surface area (Å²) < 4.78 is 11.1. The number of benzene rings is 1. The zero-order valence-electron chi connectivity index (χ0n) is 12.4. The van der Waals surface area contributed by atoms with Crippen LogP contribution >= 0.6 is 0 Å². The molecule has 1 aromatic carbocycles. The molecule has 0 saturated heterocycles. The van der Waals surface area contributed by atoms with Gasteiger partial charge >= 0.3 is 0 Å². The molecule has 20 heavy (non-hydrogen) atoms. The molecular formula is C17H25NO2. The molecule has 1 rings (SSSR count). The third-order valence-electron chi connectivity index (χ3n) is 3.12. The minimum Gasteiger partial charge on any atom is -0.491 e. The Morgan fingerprint density at radius 1 is 0.900 bits per heavy atom. The number of nitrogens with zero attached hydrogens (tertiary/aromatic N) is 1. The van der Waals surface area contributed by atoms with E-state index in [2.05, 4.69) is 13.0 Å². The molecule has 0 bridgehead atoms. The van der Waals surface area contributed by atoms with Crippen LogP contribution in [0.3, 0.4) is 0 Å². The van der Waals surface area contributed by atoms with Crippen LogP contribution in [0.4, 0.5) is 0 Å². The summed E-state index contributed by atoms with van der Waals surface area (Å²) in [7, 11) is 0. The van der Waals surface area contributed by atoms with Crippen molar-refractivity contribution in [1.82, 2.24) is 0 Å². The van der Waals surface area contributed by atoms with E-state index in [1.54, 1.807) is 12.1 Å². The zero-order valence-corrected chi connectivity index (χ0v) is 12.4. The lowest BCUT2D eigenvalue weighted by Crippen LogP contribution is -2.07. The number of hydrogen-bond donors (Lipinski definition) is 0. The third kappa shape index (κ3) is 7.81. The predicted molar refractivity (Wildman–Crippen MR) is 80.8 cm³/mol. The quantitative estimate of drug-likeness (QED) is 0.565. The highest BCUT2D eigenvalue weighted by Gasteiger charge is 1.95. The number of nitriles is 1. The van der Waals surface area contributed by atoms with Crippen molar-refractivity contribution in [3.63, 3.8) is 0 Å². The van der Waals surface area contributed by atoms with Crippen LogP contribution < -0.4 is 4.74 Å². The van der Waals surface area contributed by atoms with Gasteiger partial charge in [-0.15, -0.1) is 0 Å². The Bertz CT molecular complexity index is 381. The van der Waals surface area contributed by atoms with Gasteiger partial charge in [-0.3, -0.25) is 0 Å². The molecule has 0 aliphatic rings. The fourth-order valence-corrected chi connectivity index (χ4v) is 1.93. The lowest BCUT2D eigenvalue weighted by atomic mass is 10.1. The van der Waals surface area contributed by atoms with Gasteiger partial charge in [-0.2, -0.15) is 5.26 Å². The van der Waals surface area contributed by atoms with E-state index in [4.69, 9.17) is 14.7 Å². The molecule has 0 radical (unpaired) electrons. The Labute approximate surface area is 122 Å². The minimum atomic E-state index is 0.557. The molecule has 110 valence electrons. The molecular weight excluding hydrogens is 250 g/mol. The molecule has 3 heteroatoms. The fraction of sp³-hybridized carbons (Fsp3) is 0.588. The molecule has 0 aromatic heterocycles. The van der Waals surface area contributed by atoms with E-state index in [-0.39, 0.29) is 0 Å². The van der Waals surface area contributed by atoms with Gasteiger partial charge in [0.15, 0.2) is 0 Å². The summed E-state index contributed by atoms with van der Waals surface area (Å²) in [6.07, 6.45) is 7.71. The topological polar surface area (TPSA) is 42.2 Å². The molecule has 0 aliphatic carbocycles. The van der Waals surface area contributed by atoms with Crippen molar-refractivity contribution >= 4 is 0 Å². The summed E-state index contributed by atoms with van der Waals surface area (Å²) in [4.78, 5) is 0. The second-order valence-corrected chi connectivity index (χ2v) is 4.86. The van der Waals surface area contributed by atoms with Gasteiger partial charge in [0.1, 0.15) is 12.4 Å². The maximum Gasteiger partial charge on any atom is 0.119 e. The third-order valence-corrected chi connectivity index (χ3v) is 3.12. The van der Waals surface area contributed by atoms with Gasteiger partial charge in [-0.25, -0.2) is 0 Å². The number of rotatable bonds is 11. The molecule has 0 saturated carbocycles. The zero-order chi connectivity index (χ0) is 14.5. The number of ether oxygens (including phenoxy) is 2. The summed E-state index contributed by atoms with van der Waals surface area (Å²) in [6.45, 7) is 4.23. The van der Waals surface area contributed by atoms with Crippen molar-refractivity contribution in [2.24, 2.45) is 0 Å². The van der Waals surface area contributed by atoms with Crippen molar-refractivity contribution in [1.29, 1.82) is 5.26 Å². The first-order chi connectivity index (χ1) is 9.86. The monoisotopic (exact) mass is 275 g/mol. The van der Waals surface area contributed by atoms with Crippen molar-refractivity contribution in [3.8, 4) is 11.8 Å². The first kappa shape index (κ1) is 16.5. The van der Waals surface area contributed by atoms with Crippen LogP contribution in [0.2, 0.25) is 0 Å². The average molecular weight is 275 g/mol. The summed E-state index contributed by atoms with van der Waals surface area (Å²) >= 11 is 0. The normalized spacial score (nSPS) is 10.2. The van der Waals surface area contributed by atoms with E-state index < -0.39 is 0 Å². The van der Waals surface area contributed by atoms with E-state index >= 15 is 0 Å². The fourth-order valence-electron chi connectivity index (χ4n) is 1.93. The maximum atomic E-state index is 8.68. The second-order valence-electron chi connectivity index (χ2n) is 4.86. The Morgan fingerprint density at radius 3 is 2.30 bits per heavy atom. The number of unbranched alkanes of at least 4 members (excludes halogenated alkanes) is 5. The highest BCUT2D eigenvalue weighted by atomic mass is 16.5. The largest absolute Gasteiger partial charge is 0.491 e. The van der Waals surface area contributed by atoms with E-state index in [1.807, 2.05) is 12.1 Å². The van der Waals surface area contributed by atoms with Gasteiger partial charge in [0, 0.05) is 6.61 Å². The molecule has 0 unspecified atom stereocenters. The summed E-state index contributed by atoms with van der Waals surface area (Å²) in [6, 6.07) is 9.22. The number of hydrogen-bond acceptors (Lipinski definition) is 3. The molecule has 3 nitrogen and oxygen atoms in total. The molecule has 0 fully saturated rings. The van der Waals surface area contributed by atoms with E-state index in [1.165, 1.54) is 32.1 Å². The average Bonchev–Trinajstić information content (AvgIpc) is 2.50. The molecule has 0 atom stereocenters. The predicted octanol–water partition coefficient (Wildman–Crippen LogP) is 4.31. The van der Waals surface area contributed by atoms with Crippen molar-refractivity contribution in [2.75, 3.05) is 19.8 Å². The van der Waals surface area contributed by atoms with Gasteiger partial charge in [-0.1, -0.05) is 39.0 Å². The Balaban J connectivity index is 1.93. The highest BCUT2D eigenvalue weighted by molar-refractivity contribution is 5.34. The molecule has 0 amide bonds. The van der Waals surface area contributed by atoms with Gasteiger partial charge in [0.05, 0.1) is 18.2 Å². The second kappa shape index (κ2) is 11.3. The SMILES string of the molecule is CCCCCCCCOCCOc1ccc(C#N)cc1. The first-order valence-corrected chi connectivity index (χ1v) is 7.57. The summed E-state index contributed by atoms with van der Waals surface area (Å²) in [5.41, 5.74) is 0.650. The van der Waals surface area contributed by atoms with Crippen LogP contribution in [-0.4, -0.2) is 19.8 Å². The van der Waals surface area contributed by atoms with Crippen LogP contribution in [0.15, 0.2) is 24.3 Å². The molecule has 0 aliphatic heterocycles. The Kier molecular flexibility index (Phi) is 9.34. The van der Waals surface area contributed by atoms with Gasteiger partial charge in [0.25, 0.3) is 0 Å². The van der Waals surface area contributed by atoms with Crippen LogP contribution in [0, 0.1) is 11.3 Å². The van der Waals surface area contributed by atoms with Crippen molar-refractivity contribution < 1.29 is 9.47 Å². The summed E-state index contributed by atoms with van der Waals surface area (Å²) in [5, 5.41) is 8.68. The summed E-state index contributed by atoms with van der Waals surface area (Å²) in [5.74, 6) is 0.784. The Morgan fingerprint density at radius 2 is 1.60 bits per heavy atom. The minimum absolute atomic E-state index is 0.557. The van der Waals surface area contributed by atoms with E-state index in [9.17, 15) is 0 Å². The standard InChI is InChI=1S/C17H25NO2/c1-2-3-4-5-6-7-12-19-13-14-20-17-10-8-16(15-18)9-11-17/h8-11H,2-7,12-14H2,1H3. The van der Waals surface area contributed by atoms with Crippen molar-refractivity contribution in [3.05, 3.63) is 29.8 Å². The van der Waals surface area contributed by atoms with Crippen LogP contribution in [-0.2, 0) is 4.74 Å². The maximum absolute atomic E-state index is 8.68. The van der Waals surface area contributed by atoms with Crippen molar-refractivity contribution in [2.45, 2.75) is 45.4 Å². The highest BCUT2D eigenvalue weighted by Crippen LogP contribution is 2.11. The van der Waals surface area contributed by atoms with E-state index in [0.717, 1.165) is 18.8 Å². The van der Waals surface area contributed by atoms with Crippen LogP contribution in [0.5, 0.6) is 5.75 Å². The lowest BCUT2D eigenvalue weighted by molar-refractivity contribution is 0.0971. The molecule has 1 aromatic rings. The van der Waals surface area contributed by atoms with Crippen LogP contribution in [0.1, 0.15) is 51.0 Å². The lowest BCUT2D eigenvalue weighted by Gasteiger charge is -2.07. The molecule has 0 heterocycles. The van der Waals surface area contributed by atoms with Gasteiger partial charge < -0.3 is 9.47 Å². The first-order valence-electron chi connectivity index (χ1n) is 7.57. The molecule has 0 N–H and O–H groups in total. The Hall–Kier alpha value is -1.53. The smallest absolute Gasteiger partial charge is 0.119 e.